The van der Waals surface area contributed by atoms with Gasteiger partial charge in [0.15, 0.2) is 11.4 Å². The van der Waals surface area contributed by atoms with Gasteiger partial charge in [0.2, 0.25) is 11.0 Å². The predicted octanol–water partition coefficient (Wildman–Crippen LogP) is 3.36. The number of aromatic nitrogens is 3. The van der Waals surface area contributed by atoms with Crippen LogP contribution in [0.2, 0.25) is 0 Å². The van der Waals surface area contributed by atoms with E-state index in [1.807, 2.05) is 38.1 Å². The van der Waals surface area contributed by atoms with Crippen molar-refractivity contribution in [3.8, 4) is 17.1 Å². The van der Waals surface area contributed by atoms with Crippen molar-refractivity contribution in [2.75, 3.05) is 11.1 Å². The minimum absolute atomic E-state index is 0.499. The van der Waals surface area contributed by atoms with Crippen molar-refractivity contribution in [1.29, 1.82) is 0 Å². The molecule has 0 amide bonds. The van der Waals surface area contributed by atoms with Crippen LogP contribution in [0.25, 0.3) is 11.3 Å². The molecule has 6 heteroatoms. The number of hydrogen-bond acceptors (Lipinski definition) is 6. The molecule has 0 saturated carbocycles. The first-order valence-electron chi connectivity index (χ1n) is 6.64. The van der Waals surface area contributed by atoms with Gasteiger partial charge < -0.3 is 10.1 Å². The average molecular weight is 300 g/mol. The summed E-state index contributed by atoms with van der Waals surface area (Å²) in [5.74, 6) is 1.23. The third-order valence-corrected chi connectivity index (χ3v) is 3.77. The van der Waals surface area contributed by atoms with Crippen LogP contribution in [0.5, 0.6) is 5.88 Å². The molecule has 1 N–H and O–H groups in total. The third kappa shape index (κ3) is 2.85. The van der Waals surface area contributed by atoms with Crippen molar-refractivity contribution in [2.24, 2.45) is 0 Å². The zero-order valence-electron chi connectivity index (χ0n) is 12.0. The van der Waals surface area contributed by atoms with E-state index in [2.05, 4.69) is 27.1 Å². The van der Waals surface area contributed by atoms with Crippen LogP contribution < -0.4 is 10.1 Å². The number of hydrogen-bond donors (Lipinski definition) is 1. The molecule has 3 rings (SSSR count). The molecule has 0 saturated heterocycles. The van der Waals surface area contributed by atoms with Crippen LogP contribution in [0.3, 0.4) is 0 Å². The van der Waals surface area contributed by atoms with E-state index >= 15 is 0 Å². The van der Waals surface area contributed by atoms with E-state index < -0.39 is 5.72 Å². The maximum absolute atomic E-state index is 5.98. The molecule has 21 heavy (non-hydrogen) atoms. The van der Waals surface area contributed by atoms with E-state index in [0.717, 1.165) is 17.0 Å². The Morgan fingerprint density at radius 1 is 1.33 bits per heavy atom. The molecule has 1 aliphatic heterocycles. The highest BCUT2D eigenvalue weighted by atomic mass is 32.2. The number of thioether (sulfide) groups is 1. The van der Waals surface area contributed by atoms with Crippen molar-refractivity contribution in [2.45, 2.75) is 24.7 Å². The van der Waals surface area contributed by atoms with Crippen LogP contribution in [0.4, 0.5) is 5.69 Å². The van der Waals surface area contributed by atoms with Crippen LogP contribution in [0.1, 0.15) is 13.8 Å². The molecule has 2 aromatic rings. The molecule has 0 radical (unpaired) electrons. The summed E-state index contributed by atoms with van der Waals surface area (Å²) in [6.07, 6.45) is 1.81. The van der Waals surface area contributed by atoms with Crippen LogP contribution in [0, 0.1) is 0 Å². The number of fused-ring (bicyclic) bond motifs is 3. The minimum Gasteiger partial charge on any atom is -0.450 e. The van der Waals surface area contributed by atoms with E-state index in [1.165, 1.54) is 11.8 Å². The van der Waals surface area contributed by atoms with Gasteiger partial charge in [-0.2, -0.15) is 4.98 Å². The highest BCUT2D eigenvalue weighted by Crippen LogP contribution is 2.38. The second kappa shape index (κ2) is 5.37. The third-order valence-electron chi connectivity index (χ3n) is 2.94. The van der Waals surface area contributed by atoms with Gasteiger partial charge in [-0.3, -0.25) is 0 Å². The zero-order chi connectivity index (χ0) is 14.9. The summed E-state index contributed by atoms with van der Waals surface area (Å²) in [7, 11) is 0. The van der Waals surface area contributed by atoms with Gasteiger partial charge in [-0.15, -0.1) is 16.8 Å². The molecule has 1 aromatic heterocycles. The van der Waals surface area contributed by atoms with Gasteiger partial charge in [-0.1, -0.05) is 36.0 Å². The lowest BCUT2D eigenvalue weighted by atomic mass is 10.1. The number of benzene rings is 1. The Bertz CT molecular complexity index is 687. The molecule has 0 fully saturated rings. The Kier molecular flexibility index (Phi) is 3.55. The highest BCUT2D eigenvalue weighted by molar-refractivity contribution is 7.99. The summed E-state index contributed by atoms with van der Waals surface area (Å²) in [5.41, 5.74) is 1.99. The Morgan fingerprint density at radius 2 is 2.14 bits per heavy atom. The molecule has 0 spiro atoms. The number of ether oxygens (including phenoxy) is 1. The standard InChI is InChI=1S/C15H16N4OS/c1-4-9-21-14-16-13-12(18-19-14)10-7-5-6-8-11(10)17-15(2,3)20-13/h4-8,17H,1,9H2,2-3H3. The Balaban J connectivity index is 2.10. The first-order valence-corrected chi connectivity index (χ1v) is 7.62. The number of anilines is 1. The lowest BCUT2D eigenvalue weighted by molar-refractivity contribution is 0.134. The smallest absolute Gasteiger partial charge is 0.247 e. The summed E-state index contributed by atoms with van der Waals surface area (Å²) in [6, 6.07) is 7.92. The molecule has 0 atom stereocenters. The summed E-state index contributed by atoms with van der Waals surface area (Å²) in [4.78, 5) is 4.48. The summed E-state index contributed by atoms with van der Waals surface area (Å²) in [5, 5.41) is 12.4. The van der Waals surface area contributed by atoms with Crippen LogP contribution >= 0.6 is 11.8 Å². The average Bonchev–Trinajstić information content (AvgIpc) is 2.56. The summed E-state index contributed by atoms with van der Waals surface area (Å²) >= 11 is 1.48. The molecule has 0 bridgehead atoms. The van der Waals surface area contributed by atoms with E-state index in [4.69, 9.17) is 4.74 Å². The maximum Gasteiger partial charge on any atom is 0.247 e. The van der Waals surface area contributed by atoms with E-state index in [9.17, 15) is 0 Å². The topological polar surface area (TPSA) is 59.9 Å². The van der Waals surface area contributed by atoms with Crippen LogP contribution in [-0.2, 0) is 0 Å². The van der Waals surface area contributed by atoms with Crippen molar-refractivity contribution in [3.05, 3.63) is 36.9 Å². The van der Waals surface area contributed by atoms with E-state index in [0.29, 0.717) is 16.7 Å². The molecular weight excluding hydrogens is 284 g/mol. The number of para-hydroxylation sites is 1. The largest absolute Gasteiger partial charge is 0.450 e. The summed E-state index contributed by atoms with van der Waals surface area (Å²) < 4.78 is 5.98. The second-order valence-corrected chi connectivity index (χ2v) is 6.12. The summed E-state index contributed by atoms with van der Waals surface area (Å²) in [6.45, 7) is 7.60. The fraction of sp³-hybridized carbons (Fsp3) is 0.267. The van der Waals surface area contributed by atoms with E-state index in [1.54, 1.807) is 6.08 Å². The van der Waals surface area contributed by atoms with Gasteiger partial charge in [0.25, 0.3) is 0 Å². The molecule has 0 unspecified atom stereocenters. The fourth-order valence-electron chi connectivity index (χ4n) is 2.12. The van der Waals surface area contributed by atoms with E-state index in [-0.39, 0.29) is 0 Å². The van der Waals surface area contributed by atoms with Crippen molar-refractivity contribution in [1.82, 2.24) is 15.2 Å². The monoisotopic (exact) mass is 300 g/mol. The molecule has 5 nitrogen and oxygen atoms in total. The first-order chi connectivity index (χ1) is 10.1. The highest BCUT2D eigenvalue weighted by Gasteiger charge is 2.29. The van der Waals surface area contributed by atoms with Crippen molar-refractivity contribution in [3.63, 3.8) is 0 Å². The number of rotatable bonds is 3. The van der Waals surface area contributed by atoms with Crippen LogP contribution in [-0.4, -0.2) is 26.7 Å². The Hall–Kier alpha value is -2.08. The van der Waals surface area contributed by atoms with Gasteiger partial charge >= 0.3 is 0 Å². The molecule has 1 aliphatic rings. The lowest BCUT2D eigenvalue weighted by Crippen LogP contribution is -2.37. The van der Waals surface area contributed by atoms with Gasteiger partial charge in [0.1, 0.15) is 0 Å². The first kappa shape index (κ1) is 13.9. The van der Waals surface area contributed by atoms with Gasteiger partial charge in [-0.05, 0) is 19.9 Å². The molecule has 0 aliphatic carbocycles. The SMILES string of the molecule is C=CCSc1nnc2c(n1)OC(C)(C)Nc1ccccc1-2. The number of nitrogens with zero attached hydrogens (tertiary/aromatic N) is 3. The van der Waals surface area contributed by atoms with Gasteiger partial charge in [0.05, 0.1) is 0 Å². The quantitative estimate of drug-likeness (QED) is 0.693. The number of nitrogens with one attached hydrogen (secondary N) is 1. The molecular formula is C15H16N4OS. The van der Waals surface area contributed by atoms with Gasteiger partial charge in [0, 0.05) is 17.0 Å². The second-order valence-electron chi connectivity index (χ2n) is 5.13. The zero-order valence-corrected chi connectivity index (χ0v) is 12.8. The minimum atomic E-state index is -0.572. The lowest BCUT2D eigenvalue weighted by Gasteiger charge is -2.26. The molecule has 108 valence electrons. The fourth-order valence-corrected chi connectivity index (χ4v) is 2.64. The molecule has 1 aromatic carbocycles. The molecule has 2 heterocycles. The maximum atomic E-state index is 5.98. The van der Waals surface area contributed by atoms with Crippen molar-refractivity contribution < 1.29 is 4.74 Å². The predicted molar refractivity (Wildman–Crippen MR) is 84.5 cm³/mol. The Labute approximate surface area is 127 Å². The van der Waals surface area contributed by atoms with Crippen molar-refractivity contribution >= 4 is 17.4 Å². The van der Waals surface area contributed by atoms with Crippen LogP contribution in [0.15, 0.2) is 42.1 Å². The Morgan fingerprint density at radius 3 is 2.95 bits per heavy atom. The van der Waals surface area contributed by atoms with Gasteiger partial charge in [-0.25, -0.2) is 0 Å². The normalized spacial score (nSPS) is 15.0.